The first kappa shape index (κ1) is 12.7. The highest BCUT2D eigenvalue weighted by Crippen LogP contribution is 2.18. The zero-order valence-electron chi connectivity index (χ0n) is 9.76. The van der Waals surface area contributed by atoms with Crippen molar-refractivity contribution in [2.24, 2.45) is 17.8 Å². The van der Waals surface area contributed by atoms with Gasteiger partial charge in [0.25, 0.3) is 0 Å². The van der Waals surface area contributed by atoms with Gasteiger partial charge in [-0.3, -0.25) is 4.79 Å². The Kier molecular flexibility index (Phi) is 6.02. The molecule has 0 bridgehead atoms. The first-order valence-corrected chi connectivity index (χ1v) is 5.51. The Morgan fingerprint density at radius 2 is 1.69 bits per heavy atom. The van der Waals surface area contributed by atoms with Crippen LogP contribution in [0.4, 0.5) is 0 Å². The third kappa shape index (κ3) is 5.07. The first-order chi connectivity index (χ1) is 5.99. The zero-order valence-corrected chi connectivity index (χ0v) is 9.76. The summed E-state index contributed by atoms with van der Waals surface area (Å²) in [4.78, 5) is 11.7. The molecule has 1 nitrogen and oxygen atoms in total. The van der Waals surface area contributed by atoms with E-state index >= 15 is 0 Å². The smallest absolute Gasteiger partial charge is 0.136 e. The van der Waals surface area contributed by atoms with E-state index in [0.29, 0.717) is 17.6 Å². The van der Waals surface area contributed by atoms with Crippen LogP contribution in [-0.2, 0) is 4.79 Å². The highest BCUT2D eigenvalue weighted by Gasteiger charge is 2.18. The summed E-state index contributed by atoms with van der Waals surface area (Å²) in [5.74, 6) is 1.73. The second kappa shape index (κ2) is 6.17. The Labute approximate surface area is 82.9 Å². The van der Waals surface area contributed by atoms with Gasteiger partial charge in [-0.1, -0.05) is 47.5 Å². The highest BCUT2D eigenvalue weighted by molar-refractivity contribution is 5.81. The molecule has 0 rings (SSSR count). The zero-order chi connectivity index (χ0) is 10.4. The maximum absolute atomic E-state index is 11.7. The molecule has 0 aromatic rings. The average Bonchev–Trinajstić information content (AvgIpc) is 2.03. The fraction of sp³-hybridized carbons (Fsp3) is 0.917. The van der Waals surface area contributed by atoms with Gasteiger partial charge in [-0.25, -0.2) is 0 Å². The Morgan fingerprint density at radius 3 is 2.08 bits per heavy atom. The number of carbonyl (C=O) groups excluding carboxylic acids is 1. The number of rotatable bonds is 6. The third-order valence-electron chi connectivity index (χ3n) is 2.84. The maximum Gasteiger partial charge on any atom is 0.136 e. The van der Waals surface area contributed by atoms with Crippen molar-refractivity contribution < 1.29 is 4.79 Å². The van der Waals surface area contributed by atoms with E-state index in [1.165, 1.54) is 12.8 Å². The number of hydrogen-bond donors (Lipinski definition) is 0. The standard InChI is InChI=1S/C12H24O/c1-6-7-10(4)8-12(13)11(5)9(2)3/h9-11H,6-8H2,1-5H3. The van der Waals surface area contributed by atoms with Crippen LogP contribution in [0.15, 0.2) is 0 Å². The molecule has 0 aromatic heterocycles. The minimum absolute atomic E-state index is 0.235. The lowest BCUT2D eigenvalue weighted by atomic mass is 9.87. The van der Waals surface area contributed by atoms with Crippen LogP contribution in [0.25, 0.3) is 0 Å². The lowest BCUT2D eigenvalue weighted by Crippen LogP contribution is -2.19. The molecule has 2 atom stereocenters. The van der Waals surface area contributed by atoms with E-state index in [-0.39, 0.29) is 5.92 Å². The van der Waals surface area contributed by atoms with E-state index in [2.05, 4.69) is 27.7 Å². The van der Waals surface area contributed by atoms with Gasteiger partial charge in [-0.15, -0.1) is 0 Å². The SMILES string of the molecule is CCCC(C)CC(=O)C(C)C(C)C. The molecule has 0 fully saturated rings. The van der Waals surface area contributed by atoms with Crippen LogP contribution < -0.4 is 0 Å². The molecule has 0 saturated heterocycles. The van der Waals surface area contributed by atoms with Gasteiger partial charge >= 0.3 is 0 Å². The first-order valence-electron chi connectivity index (χ1n) is 5.51. The van der Waals surface area contributed by atoms with Crippen molar-refractivity contribution in [1.82, 2.24) is 0 Å². The van der Waals surface area contributed by atoms with Gasteiger partial charge in [0.2, 0.25) is 0 Å². The monoisotopic (exact) mass is 184 g/mol. The van der Waals surface area contributed by atoms with Crippen molar-refractivity contribution in [1.29, 1.82) is 0 Å². The Morgan fingerprint density at radius 1 is 1.15 bits per heavy atom. The second-order valence-corrected chi connectivity index (χ2v) is 4.60. The number of ketones is 1. The van der Waals surface area contributed by atoms with Crippen molar-refractivity contribution in [2.45, 2.75) is 53.9 Å². The van der Waals surface area contributed by atoms with Crippen LogP contribution in [0.1, 0.15) is 53.9 Å². The lowest BCUT2D eigenvalue weighted by Gasteiger charge is -2.16. The van der Waals surface area contributed by atoms with Gasteiger partial charge in [-0.05, 0) is 11.8 Å². The molecule has 0 amide bonds. The van der Waals surface area contributed by atoms with Crippen LogP contribution >= 0.6 is 0 Å². The topological polar surface area (TPSA) is 17.1 Å². The highest BCUT2D eigenvalue weighted by atomic mass is 16.1. The molecule has 0 N–H and O–H groups in total. The Hall–Kier alpha value is -0.330. The molecule has 0 radical (unpaired) electrons. The molecule has 0 aliphatic carbocycles. The van der Waals surface area contributed by atoms with Crippen molar-refractivity contribution in [3.8, 4) is 0 Å². The largest absolute Gasteiger partial charge is 0.299 e. The summed E-state index contributed by atoms with van der Waals surface area (Å²) in [6, 6.07) is 0. The van der Waals surface area contributed by atoms with Crippen LogP contribution in [-0.4, -0.2) is 5.78 Å². The minimum atomic E-state index is 0.235. The van der Waals surface area contributed by atoms with E-state index in [4.69, 9.17) is 0 Å². The van der Waals surface area contributed by atoms with Crippen LogP contribution in [0.5, 0.6) is 0 Å². The van der Waals surface area contributed by atoms with Crippen LogP contribution in [0.2, 0.25) is 0 Å². The summed E-state index contributed by atoms with van der Waals surface area (Å²) in [5.41, 5.74) is 0. The third-order valence-corrected chi connectivity index (χ3v) is 2.84. The van der Waals surface area contributed by atoms with Crippen molar-refractivity contribution >= 4 is 5.78 Å². The molecule has 1 heteroatoms. The normalized spacial score (nSPS) is 15.8. The average molecular weight is 184 g/mol. The molecule has 0 heterocycles. The van der Waals surface area contributed by atoms with Gasteiger partial charge in [0.15, 0.2) is 0 Å². The summed E-state index contributed by atoms with van der Waals surface area (Å²) in [6.45, 7) is 10.6. The van der Waals surface area contributed by atoms with Gasteiger partial charge in [0.05, 0.1) is 0 Å². The summed E-state index contributed by atoms with van der Waals surface area (Å²) in [5, 5.41) is 0. The van der Waals surface area contributed by atoms with E-state index in [9.17, 15) is 4.79 Å². The van der Waals surface area contributed by atoms with Crippen LogP contribution in [0.3, 0.4) is 0 Å². The molecule has 78 valence electrons. The van der Waals surface area contributed by atoms with Gasteiger partial charge in [0, 0.05) is 12.3 Å². The molecule has 0 aliphatic heterocycles. The molecule has 0 aromatic carbocycles. The Bertz CT molecular complexity index is 149. The van der Waals surface area contributed by atoms with Crippen molar-refractivity contribution in [3.63, 3.8) is 0 Å². The van der Waals surface area contributed by atoms with E-state index < -0.39 is 0 Å². The van der Waals surface area contributed by atoms with E-state index in [1.807, 2.05) is 6.92 Å². The fourth-order valence-corrected chi connectivity index (χ4v) is 1.50. The van der Waals surface area contributed by atoms with Gasteiger partial charge in [0.1, 0.15) is 5.78 Å². The predicted octanol–water partition coefficient (Wildman–Crippen LogP) is 3.67. The number of Topliss-reactive ketones (excluding diaryl/α,β-unsaturated/α-hetero) is 1. The second-order valence-electron chi connectivity index (χ2n) is 4.60. The van der Waals surface area contributed by atoms with Crippen LogP contribution in [0, 0.1) is 17.8 Å². The number of carbonyl (C=O) groups is 1. The molecule has 0 saturated carbocycles. The molecular weight excluding hydrogens is 160 g/mol. The predicted molar refractivity (Wildman–Crippen MR) is 57.7 cm³/mol. The van der Waals surface area contributed by atoms with E-state index in [0.717, 1.165) is 6.42 Å². The maximum atomic E-state index is 11.7. The minimum Gasteiger partial charge on any atom is -0.299 e. The van der Waals surface area contributed by atoms with Gasteiger partial charge in [-0.2, -0.15) is 0 Å². The molecule has 0 spiro atoms. The summed E-state index contributed by atoms with van der Waals surface area (Å²) in [7, 11) is 0. The van der Waals surface area contributed by atoms with Crippen molar-refractivity contribution in [3.05, 3.63) is 0 Å². The molecule has 2 unspecified atom stereocenters. The molecule has 13 heavy (non-hydrogen) atoms. The summed E-state index contributed by atoms with van der Waals surface area (Å²) >= 11 is 0. The van der Waals surface area contributed by atoms with Gasteiger partial charge < -0.3 is 0 Å². The summed E-state index contributed by atoms with van der Waals surface area (Å²) in [6.07, 6.45) is 3.13. The fourth-order valence-electron chi connectivity index (χ4n) is 1.50. The van der Waals surface area contributed by atoms with E-state index in [1.54, 1.807) is 0 Å². The molecular formula is C12H24O. The molecule has 0 aliphatic rings. The quantitative estimate of drug-likeness (QED) is 0.615. The number of hydrogen-bond acceptors (Lipinski definition) is 1. The lowest BCUT2D eigenvalue weighted by molar-refractivity contribution is -0.124. The Balaban J connectivity index is 3.85. The van der Waals surface area contributed by atoms with Crippen molar-refractivity contribution in [2.75, 3.05) is 0 Å². The summed E-state index contributed by atoms with van der Waals surface area (Å²) < 4.78 is 0.